The molecule has 3 N–H and O–H groups in total. The number of anilines is 1. The van der Waals surface area contributed by atoms with Gasteiger partial charge in [0.15, 0.2) is 0 Å². The summed E-state index contributed by atoms with van der Waals surface area (Å²) in [6, 6.07) is 4.23. The van der Waals surface area contributed by atoms with Crippen LogP contribution in [0.5, 0.6) is 0 Å². The van der Waals surface area contributed by atoms with Crippen molar-refractivity contribution in [3.8, 4) is 0 Å². The molecule has 0 saturated heterocycles. The van der Waals surface area contributed by atoms with Crippen LogP contribution < -0.4 is 11.1 Å². The molecule has 1 heterocycles. The van der Waals surface area contributed by atoms with E-state index in [4.69, 9.17) is 5.73 Å². The summed E-state index contributed by atoms with van der Waals surface area (Å²) < 4.78 is 0. The molecule has 1 aromatic heterocycles. The van der Waals surface area contributed by atoms with Gasteiger partial charge in [-0.15, -0.1) is 0 Å². The summed E-state index contributed by atoms with van der Waals surface area (Å²) in [4.78, 5) is 4.03. The van der Waals surface area contributed by atoms with Crippen LogP contribution in [0, 0.1) is 0 Å². The summed E-state index contributed by atoms with van der Waals surface area (Å²) in [5.74, 6) is 0.624. The molecule has 1 atom stereocenters. The van der Waals surface area contributed by atoms with E-state index >= 15 is 0 Å². The van der Waals surface area contributed by atoms with Crippen molar-refractivity contribution in [1.82, 2.24) is 10.3 Å². The molecule has 1 aromatic rings. The molecular weight excluding hydrogens is 150 g/mol. The Kier molecular flexibility index (Phi) is 3.05. The molecule has 0 fully saturated rings. The van der Waals surface area contributed by atoms with E-state index in [1.54, 1.807) is 6.20 Å². The fraction of sp³-hybridized carbons (Fsp3) is 0.444. The zero-order valence-corrected chi connectivity index (χ0v) is 7.54. The molecule has 1 rings (SSSR count). The summed E-state index contributed by atoms with van der Waals surface area (Å²) in [7, 11) is 1.93. The first kappa shape index (κ1) is 9.00. The van der Waals surface area contributed by atoms with Crippen molar-refractivity contribution in [2.75, 3.05) is 12.8 Å². The minimum atomic E-state index is 0.318. The van der Waals surface area contributed by atoms with Gasteiger partial charge in [-0.3, -0.25) is 0 Å². The minimum Gasteiger partial charge on any atom is -0.383 e. The molecule has 1 unspecified atom stereocenters. The number of pyridine rings is 1. The second kappa shape index (κ2) is 4.07. The maximum absolute atomic E-state index is 5.72. The predicted octanol–water partition coefficient (Wildman–Crippen LogP) is 1.33. The first-order valence-electron chi connectivity index (χ1n) is 4.17. The van der Waals surface area contributed by atoms with Crippen LogP contribution in [0.1, 0.15) is 24.9 Å². The van der Waals surface area contributed by atoms with Gasteiger partial charge < -0.3 is 11.1 Å². The third kappa shape index (κ3) is 1.74. The second-order valence-corrected chi connectivity index (χ2v) is 2.73. The van der Waals surface area contributed by atoms with Crippen molar-refractivity contribution in [1.29, 1.82) is 0 Å². The van der Waals surface area contributed by atoms with Crippen LogP contribution in [0.3, 0.4) is 0 Å². The Morgan fingerprint density at radius 2 is 2.42 bits per heavy atom. The largest absolute Gasteiger partial charge is 0.383 e. The average Bonchev–Trinajstić information content (AvgIpc) is 2.10. The van der Waals surface area contributed by atoms with E-state index in [1.165, 1.54) is 0 Å². The van der Waals surface area contributed by atoms with E-state index < -0.39 is 0 Å². The summed E-state index contributed by atoms with van der Waals surface area (Å²) in [6.07, 6.45) is 2.73. The molecule has 0 saturated carbocycles. The van der Waals surface area contributed by atoms with Gasteiger partial charge in [-0.1, -0.05) is 13.0 Å². The molecule has 0 radical (unpaired) electrons. The summed E-state index contributed by atoms with van der Waals surface area (Å²) >= 11 is 0. The Hall–Kier alpha value is -1.09. The standard InChI is InChI=1S/C9H15N3/c1-3-8(11-2)7-5-4-6-12-9(7)10/h4-6,8,11H,3H2,1-2H3,(H2,10,12). The summed E-state index contributed by atoms with van der Waals surface area (Å²) in [6.45, 7) is 2.12. The van der Waals surface area contributed by atoms with Gasteiger partial charge in [-0.2, -0.15) is 0 Å². The minimum absolute atomic E-state index is 0.318. The van der Waals surface area contributed by atoms with Crippen LogP contribution in [0.25, 0.3) is 0 Å². The molecule has 0 aliphatic rings. The van der Waals surface area contributed by atoms with Crippen LogP contribution in [-0.4, -0.2) is 12.0 Å². The number of nitrogens with one attached hydrogen (secondary N) is 1. The molecule has 0 bridgehead atoms. The smallest absolute Gasteiger partial charge is 0.128 e. The Morgan fingerprint density at radius 1 is 1.67 bits per heavy atom. The SMILES string of the molecule is CCC(NC)c1cccnc1N. The van der Waals surface area contributed by atoms with Gasteiger partial charge in [-0.25, -0.2) is 4.98 Å². The van der Waals surface area contributed by atoms with Gasteiger partial charge in [0.1, 0.15) is 5.82 Å². The van der Waals surface area contributed by atoms with Crippen molar-refractivity contribution >= 4 is 5.82 Å². The van der Waals surface area contributed by atoms with Gasteiger partial charge in [-0.05, 0) is 19.5 Å². The van der Waals surface area contributed by atoms with Crippen molar-refractivity contribution < 1.29 is 0 Å². The van der Waals surface area contributed by atoms with E-state index in [9.17, 15) is 0 Å². The molecule has 66 valence electrons. The van der Waals surface area contributed by atoms with E-state index in [0.29, 0.717) is 11.9 Å². The second-order valence-electron chi connectivity index (χ2n) is 2.73. The molecule has 3 nitrogen and oxygen atoms in total. The Balaban J connectivity index is 2.92. The summed E-state index contributed by atoms with van der Waals surface area (Å²) in [5.41, 5.74) is 6.81. The highest BCUT2D eigenvalue weighted by Gasteiger charge is 2.09. The Bertz CT molecular complexity index is 243. The number of rotatable bonds is 3. The molecule has 0 aliphatic heterocycles. The van der Waals surface area contributed by atoms with Crippen molar-refractivity contribution in [3.63, 3.8) is 0 Å². The van der Waals surface area contributed by atoms with Gasteiger partial charge >= 0.3 is 0 Å². The molecular formula is C9H15N3. The number of nitrogen functional groups attached to an aromatic ring is 1. The lowest BCUT2D eigenvalue weighted by atomic mass is 10.1. The molecule has 0 amide bonds. The van der Waals surface area contributed by atoms with Crippen molar-refractivity contribution in [2.45, 2.75) is 19.4 Å². The topological polar surface area (TPSA) is 50.9 Å². The maximum atomic E-state index is 5.72. The Morgan fingerprint density at radius 3 is 2.92 bits per heavy atom. The number of nitrogens with zero attached hydrogens (tertiary/aromatic N) is 1. The number of aromatic nitrogens is 1. The molecule has 12 heavy (non-hydrogen) atoms. The van der Waals surface area contributed by atoms with Gasteiger partial charge in [0.25, 0.3) is 0 Å². The third-order valence-electron chi connectivity index (χ3n) is 2.00. The molecule has 3 heteroatoms. The zero-order valence-electron chi connectivity index (χ0n) is 7.54. The van der Waals surface area contributed by atoms with E-state index in [1.807, 2.05) is 19.2 Å². The lowest BCUT2D eigenvalue weighted by molar-refractivity contribution is 0.577. The molecule has 0 aliphatic carbocycles. The third-order valence-corrected chi connectivity index (χ3v) is 2.00. The van der Waals surface area contributed by atoms with E-state index in [-0.39, 0.29) is 0 Å². The normalized spacial score (nSPS) is 12.8. The first-order valence-corrected chi connectivity index (χ1v) is 4.17. The van der Waals surface area contributed by atoms with Gasteiger partial charge in [0.05, 0.1) is 0 Å². The highest BCUT2D eigenvalue weighted by Crippen LogP contribution is 2.19. The maximum Gasteiger partial charge on any atom is 0.128 e. The number of nitrogens with two attached hydrogens (primary N) is 1. The fourth-order valence-electron chi connectivity index (χ4n) is 1.30. The predicted molar refractivity (Wildman–Crippen MR) is 50.7 cm³/mol. The van der Waals surface area contributed by atoms with E-state index in [0.717, 1.165) is 12.0 Å². The van der Waals surface area contributed by atoms with Crippen molar-refractivity contribution in [2.24, 2.45) is 0 Å². The number of hydrogen-bond donors (Lipinski definition) is 2. The first-order chi connectivity index (χ1) is 5.79. The van der Waals surface area contributed by atoms with E-state index in [2.05, 4.69) is 17.2 Å². The number of hydrogen-bond acceptors (Lipinski definition) is 3. The van der Waals surface area contributed by atoms with Crippen LogP contribution >= 0.6 is 0 Å². The molecule has 0 spiro atoms. The summed E-state index contributed by atoms with van der Waals surface area (Å²) in [5, 5.41) is 3.19. The quantitative estimate of drug-likeness (QED) is 0.710. The highest BCUT2D eigenvalue weighted by molar-refractivity contribution is 5.40. The van der Waals surface area contributed by atoms with Gasteiger partial charge in [0.2, 0.25) is 0 Å². The fourth-order valence-corrected chi connectivity index (χ4v) is 1.30. The zero-order chi connectivity index (χ0) is 8.97. The van der Waals surface area contributed by atoms with Crippen LogP contribution in [0.2, 0.25) is 0 Å². The van der Waals surface area contributed by atoms with Crippen LogP contribution in [-0.2, 0) is 0 Å². The lowest BCUT2D eigenvalue weighted by Gasteiger charge is -2.15. The molecule has 0 aromatic carbocycles. The highest BCUT2D eigenvalue weighted by atomic mass is 14.9. The lowest BCUT2D eigenvalue weighted by Crippen LogP contribution is -2.17. The Labute approximate surface area is 73.0 Å². The van der Waals surface area contributed by atoms with Crippen LogP contribution in [0.15, 0.2) is 18.3 Å². The van der Waals surface area contributed by atoms with Crippen LogP contribution in [0.4, 0.5) is 5.82 Å². The van der Waals surface area contributed by atoms with Gasteiger partial charge in [0, 0.05) is 17.8 Å². The monoisotopic (exact) mass is 165 g/mol. The average molecular weight is 165 g/mol. The van der Waals surface area contributed by atoms with Crippen molar-refractivity contribution in [3.05, 3.63) is 23.9 Å².